The minimum absolute atomic E-state index is 0.143. The summed E-state index contributed by atoms with van der Waals surface area (Å²) in [4.78, 5) is 3.99. The highest BCUT2D eigenvalue weighted by Crippen LogP contribution is 2.17. The highest BCUT2D eigenvalue weighted by molar-refractivity contribution is 5.30. The molecule has 0 spiro atoms. The van der Waals surface area contributed by atoms with Gasteiger partial charge in [-0.3, -0.25) is 0 Å². The van der Waals surface area contributed by atoms with E-state index in [-0.39, 0.29) is 5.75 Å². The Morgan fingerprint density at radius 2 is 2.00 bits per heavy atom. The number of benzene rings is 1. The second-order valence-electron chi connectivity index (χ2n) is 3.87. The van der Waals surface area contributed by atoms with E-state index in [1.54, 1.807) is 18.3 Å². The molecule has 0 aliphatic heterocycles. The molecule has 0 radical (unpaired) electrons. The summed E-state index contributed by atoms with van der Waals surface area (Å²) in [5.74, 6) is 0.574. The first-order valence-electron chi connectivity index (χ1n) is 5.37. The van der Waals surface area contributed by atoms with Gasteiger partial charge in [0.1, 0.15) is 5.75 Å². The lowest BCUT2D eigenvalue weighted by molar-refractivity contribution is -0.0498. The summed E-state index contributed by atoms with van der Waals surface area (Å²) in [7, 11) is 0. The van der Waals surface area contributed by atoms with Crippen LogP contribution in [0, 0.1) is 6.92 Å². The van der Waals surface area contributed by atoms with Gasteiger partial charge in [-0.05, 0) is 24.6 Å². The smallest absolute Gasteiger partial charge is 0.387 e. The molecular weight excluding hydrogens is 240 g/mol. The van der Waals surface area contributed by atoms with Crippen molar-refractivity contribution in [2.24, 2.45) is 0 Å². The third-order valence-electron chi connectivity index (χ3n) is 2.58. The minimum atomic E-state index is -2.80. The molecule has 96 valence electrons. The maximum Gasteiger partial charge on any atom is 0.387 e. The Morgan fingerprint density at radius 3 is 2.50 bits per heavy atom. The fourth-order valence-corrected chi connectivity index (χ4v) is 1.64. The van der Waals surface area contributed by atoms with E-state index >= 15 is 0 Å². The maximum atomic E-state index is 12.0. The standard InChI is InChI=1S/C12H13F2N3O/c1-8-6-16-12(15)17(8)7-9-2-4-10(5-3-9)18-11(13)14/h2-6,11H,7H2,1H3,(H2,15,16). The minimum Gasteiger partial charge on any atom is -0.435 e. The molecule has 0 saturated carbocycles. The number of aromatic nitrogens is 2. The number of imidazole rings is 1. The SMILES string of the molecule is Cc1cnc(N)n1Cc1ccc(OC(F)F)cc1. The number of ether oxygens (including phenoxy) is 1. The van der Waals surface area contributed by atoms with E-state index in [0.717, 1.165) is 11.3 Å². The van der Waals surface area contributed by atoms with Gasteiger partial charge in [-0.2, -0.15) is 8.78 Å². The third kappa shape index (κ3) is 2.77. The Labute approximate surface area is 103 Å². The zero-order chi connectivity index (χ0) is 13.1. The maximum absolute atomic E-state index is 12.0. The van der Waals surface area contributed by atoms with Gasteiger partial charge < -0.3 is 15.0 Å². The fourth-order valence-electron chi connectivity index (χ4n) is 1.64. The number of nitrogen functional groups attached to an aromatic ring is 1. The number of nitrogens with two attached hydrogens (primary N) is 1. The summed E-state index contributed by atoms with van der Waals surface area (Å²) in [6.45, 7) is -0.355. The molecule has 6 heteroatoms. The van der Waals surface area contributed by atoms with Gasteiger partial charge in [0.25, 0.3) is 0 Å². The number of halogens is 2. The molecule has 0 bridgehead atoms. The zero-order valence-electron chi connectivity index (χ0n) is 9.81. The Balaban J connectivity index is 2.11. The van der Waals surface area contributed by atoms with Crippen LogP contribution in [-0.2, 0) is 6.54 Å². The van der Waals surface area contributed by atoms with Crippen molar-refractivity contribution >= 4 is 5.95 Å². The molecule has 0 unspecified atom stereocenters. The number of alkyl halides is 2. The lowest BCUT2D eigenvalue weighted by Gasteiger charge is -2.09. The number of rotatable bonds is 4. The Morgan fingerprint density at radius 1 is 1.33 bits per heavy atom. The van der Waals surface area contributed by atoms with E-state index in [0.29, 0.717) is 12.5 Å². The molecule has 18 heavy (non-hydrogen) atoms. The van der Waals surface area contributed by atoms with Crippen molar-refractivity contribution in [2.75, 3.05) is 5.73 Å². The van der Waals surface area contributed by atoms with Crippen molar-refractivity contribution in [2.45, 2.75) is 20.1 Å². The average molecular weight is 253 g/mol. The monoisotopic (exact) mass is 253 g/mol. The van der Waals surface area contributed by atoms with Crippen molar-refractivity contribution < 1.29 is 13.5 Å². The molecule has 4 nitrogen and oxygen atoms in total. The van der Waals surface area contributed by atoms with Crippen LogP contribution in [0.4, 0.5) is 14.7 Å². The lowest BCUT2D eigenvalue weighted by Crippen LogP contribution is -2.06. The van der Waals surface area contributed by atoms with Gasteiger partial charge in [0.15, 0.2) is 0 Å². The van der Waals surface area contributed by atoms with E-state index in [2.05, 4.69) is 9.72 Å². The highest BCUT2D eigenvalue weighted by Gasteiger charge is 2.06. The zero-order valence-corrected chi connectivity index (χ0v) is 9.81. The van der Waals surface area contributed by atoms with Crippen LogP contribution >= 0.6 is 0 Å². The molecule has 0 aliphatic rings. The molecule has 1 aromatic carbocycles. The van der Waals surface area contributed by atoms with Crippen molar-refractivity contribution in [1.82, 2.24) is 9.55 Å². The Kier molecular flexibility index (Phi) is 3.45. The normalized spacial score (nSPS) is 10.9. The van der Waals surface area contributed by atoms with E-state index < -0.39 is 6.61 Å². The van der Waals surface area contributed by atoms with Crippen molar-refractivity contribution in [3.05, 3.63) is 41.7 Å². The van der Waals surface area contributed by atoms with Gasteiger partial charge in [-0.25, -0.2) is 4.98 Å². The highest BCUT2D eigenvalue weighted by atomic mass is 19.3. The summed E-state index contributed by atoms with van der Waals surface area (Å²) in [5, 5.41) is 0. The van der Waals surface area contributed by atoms with Crippen LogP contribution in [0.2, 0.25) is 0 Å². The van der Waals surface area contributed by atoms with E-state index in [1.165, 1.54) is 12.1 Å². The third-order valence-corrected chi connectivity index (χ3v) is 2.58. The van der Waals surface area contributed by atoms with Gasteiger partial charge in [0.2, 0.25) is 5.95 Å². The lowest BCUT2D eigenvalue weighted by atomic mass is 10.2. The van der Waals surface area contributed by atoms with Crippen LogP contribution in [-0.4, -0.2) is 16.2 Å². The predicted octanol–water partition coefficient (Wildman–Crippen LogP) is 2.42. The van der Waals surface area contributed by atoms with Gasteiger partial charge in [-0.1, -0.05) is 12.1 Å². The van der Waals surface area contributed by atoms with Crippen molar-refractivity contribution in [1.29, 1.82) is 0 Å². The molecule has 2 aromatic rings. The first-order chi connectivity index (χ1) is 8.56. The molecule has 0 fully saturated rings. The van der Waals surface area contributed by atoms with E-state index in [1.807, 2.05) is 11.5 Å². The van der Waals surface area contributed by atoms with Crippen LogP contribution in [0.1, 0.15) is 11.3 Å². The summed E-state index contributed by atoms with van der Waals surface area (Å²) in [5.41, 5.74) is 7.59. The first kappa shape index (κ1) is 12.3. The number of nitrogens with zero attached hydrogens (tertiary/aromatic N) is 2. The predicted molar refractivity (Wildman–Crippen MR) is 63.6 cm³/mol. The quantitative estimate of drug-likeness (QED) is 0.910. The Hall–Kier alpha value is -2.11. The summed E-state index contributed by atoms with van der Waals surface area (Å²) >= 11 is 0. The topological polar surface area (TPSA) is 53.1 Å². The molecule has 0 atom stereocenters. The second kappa shape index (κ2) is 5.03. The largest absolute Gasteiger partial charge is 0.435 e. The number of anilines is 1. The molecule has 0 aliphatic carbocycles. The molecule has 0 amide bonds. The first-order valence-corrected chi connectivity index (χ1v) is 5.37. The number of hydrogen-bond acceptors (Lipinski definition) is 3. The Bertz CT molecular complexity index is 503. The molecule has 2 rings (SSSR count). The molecule has 1 heterocycles. The molecule has 2 N–H and O–H groups in total. The van der Waals surface area contributed by atoms with Crippen molar-refractivity contribution in [3.63, 3.8) is 0 Å². The number of hydrogen-bond donors (Lipinski definition) is 1. The average Bonchev–Trinajstić information content (AvgIpc) is 2.63. The van der Waals surface area contributed by atoms with Crippen molar-refractivity contribution in [3.8, 4) is 5.75 Å². The van der Waals surface area contributed by atoms with Gasteiger partial charge in [0, 0.05) is 5.69 Å². The van der Waals surface area contributed by atoms with E-state index in [4.69, 9.17) is 5.73 Å². The second-order valence-corrected chi connectivity index (χ2v) is 3.87. The fraction of sp³-hybridized carbons (Fsp3) is 0.250. The van der Waals surface area contributed by atoms with Gasteiger partial charge in [0.05, 0.1) is 12.7 Å². The van der Waals surface area contributed by atoms with Crippen LogP contribution in [0.5, 0.6) is 5.75 Å². The summed E-state index contributed by atoms with van der Waals surface area (Å²) < 4.78 is 30.1. The van der Waals surface area contributed by atoms with Gasteiger partial charge in [-0.15, -0.1) is 0 Å². The van der Waals surface area contributed by atoms with Crippen LogP contribution in [0.15, 0.2) is 30.5 Å². The molecule has 0 saturated heterocycles. The van der Waals surface area contributed by atoms with Crippen LogP contribution in [0.3, 0.4) is 0 Å². The van der Waals surface area contributed by atoms with Gasteiger partial charge >= 0.3 is 6.61 Å². The van der Waals surface area contributed by atoms with E-state index in [9.17, 15) is 8.78 Å². The number of aryl methyl sites for hydroxylation is 1. The van der Waals surface area contributed by atoms with Crippen LogP contribution < -0.4 is 10.5 Å². The summed E-state index contributed by atoms with van der Waals surface area (Å²) in [6.07, 6.45) is 1.68. The molecular formula is C12H13F2N3O. The summed E-state index contributed by atoms with van der Waals surface area (Å²) in [6, 6.07) is 6.45. The molecule has 1 aromatic heterocycles. The van der Waals surface area contributed by atoms with Crippen LogP contribution in [0.25, 0.3) is 0 Å².